The number of hydrogen-bond acceptors (Lipinski definition) is 4. The van der Waals surface area contributed by atoms with Crippen molar-refractivity contribution in [2.24, 2.45) is 5.73 Å². The maximum atomic E-state index is 8.72. The summed E-state index contributed by atoms with van der Waals surface area (Å²) in [7, 11) is 0. The summed E-state index contributed by atoms with van der Waals surface area (Å²) >= 11 is 1.48. The molecule has 0 amide bonds. The second kappa shape index (κ2) is 3.80. The summed E-state index contributed by atoms with van der Waals surface area (Å²) in [5.41, 5.74) is 6.44. The topological polar surface area (TPSA) is 59.1 Å². The number of aliphatic hydroxyl groups is 1. The second-order valence-corrected chi connectivity index (χ2v) is 3.40. The van der Waals surface area contributed by atoms with Crippen LogP contribution in [0, 0.1) is 0 Å². The molecule has 0 fully saturated rings. The maximum absolute atomic E-state index is 8.72. The lowest BCUT2D eigenvalue weighted by molar-refractivity contribution is 0.281. The third-order valence-corrected chi connectivity index (χ3v) is 2.42. The molecule has 4 heteroatoms. The van der Waals surface area contributed by atoms with E-state index in [4.69, 9.17) is 10.8 Å². The van der Waals surface area contributed by atoms with Gasteiger partial charge in [0.25, 0.3) is 0 Å². The lowest BCUT2D eigenvalue weighted by Gasteiger charge is -2.01. The minimum Gasteiger partial charge on any atom is -0.389 e. The predicted octanol–water partition coefficient (Wildman–Crippen LogP) is 0.698. The molecule has 1 rings (SSSR count). The van der Waals surface area contributed by atoms with E-state index in [1.807, 2.05) is 12.3 Å². The van der Waals surface area contributed by atoms with Crippen LogP contribution in [0.2, 0.25) is 0 Å². The largest absolute Gasteiger partial charge is 0.389 e. The molecule has 1 atom stereocenters. The molecule has 0 bridgehead atoms. The van der Waals surface area contributed by atoms with Crippen molar-refractivity contribution in [3.05, 3.63) is 16.1 Å². The molecule has 0 spiro atoms. The van der Waals surface area contributed by atoms with Crippen LogP contribution in [0.25, 0.3) is 0 Å². The average Bonchev–Trinajstić information content (AvgIpc) is 2.50. The predicted molar refractivity (Wildman–Crippen MR) is 45.5 cm³/mol. The minimum absolute atomic E-state index is 0.0297. The number of nitrogens with zero attached hydrogens (tertiary/aromatic N) is 1. The molecule has 0 aromatic carbocycles. The van der Waals surface area contributed by atoms with Crippen LogP contribution < -0.4 is 5.73 Å². The molecule has 0 radical (unpaired) electrons. The smallest absolute Gasteiger partial charge is 0.118 e. The maximum Gasteiger partial charge on any atom is 0.118 e. The molecule has 0 saturated carbocycles. The number of nitrogens with two attached hydrogens (primary N) is 1. The van der Waals surface area contributed by atoms with Crippen molar-refractivity contribution in [2.75, 3.05) is 6.54 Å². The number of aliphatic hydroxyl groups excluding tert-OH is 1. The third-order valence-electron chi connectivity index (χ3n) is 1.56. The van der Waals surface area contributed by atoms with E-state index in [0.717, 1.165) is 10.7 Å². The Morgan fingerprint density at radius 2 is 2.55 bits per heavy atom. The van der Waals surface area contributed by atoms with E-state index >= 15 is 0 Å². The first-order chi connectivity index (χ1) is 5.27. The highest BCUT2D eigenvalue weighted by Crippen LogP contribution is 2.16. The van der Waals surface area contributed by atoms with Crippen LogP contribution in [0.5, 0.6) is 0 Å². The zero-order valence-corrected chi connectivity index (χ0v) is 7.27. The second-order valence-electron chi connectivity index (χ2n) is 2.46. The fourth-order valence-corrected chi connectivity index (χ4v) is 1.52. The summed E-state index contributed by atoms with van der Waals surface area (Å²) in [6.07, 6.45) is 0. The Morgan fingerprint density at radius 3 is 3.00 bits per heavy atom. The molecule has 1 heterocycles. The standard InChI is InChI=1S/C7H12N2OS/c1-5(2-8)6-4-11-7(3-10)9-6/h4-5,10H,2-3,8H2,1H3. The molecule has 62 valence electrons. The quantitative estimate of drug-likeness (QED) is 0.705. The highest BCUT2D eigenvalue weighted by molar-refractivity contribution is 7.09. The van der Waals surface area contributed by atoms with Gasteiger partial charge in [-0.25, -0.2) is 4.98 Å². The van der Waals surface area contributed by atoms with Crippen LogP contribution in [-0.2, 0) is 6.61 Å². The van der Waals surface area contributed by atoms with Gasteiger partial charge in [-0.15, -0.1) is 11.3 Å². The summed E-state index contributed by atoms with van der Waals surface area (Å²) in [5.74, 6) is 0.298. The number of thiazole rings is 1. The van der Waals surface area contributed by atoms with Crippen molar-refractivity contribution < 1.29 is 5.11 Å². The molecule has 0 aliphatic rings. The van der Waals surface area contributed by atoms with Gasteiger partial charge in [-0.05, 0) is 0 Å². The zero-order chi connectivity index (χ0) is 8.27. The van der Waals surface area contributed by atoms with Crippen LogP contribution in [0.4, 0.5) is 0 Å². The van der Waals surface area contributed by atoms with Gasteiger partial charge in [0.2, 0.25) is 0 Å². The van der Waals surface area contributed by atoms with Crippen LogP contribution in [0.15, 0.2) is 5.38 Å². The van der Waals surface area contributed by atoms with E-state index in [0.29, 0.717) is 12.5 Å². The number of hydrogen-bond donors (Lipinski definition) is 2. The molecule has 3 N–H and O–H groups in total. The van der Waals surface area contributed by atoms with E-state index < -0.39 is 0 Å². The number of aromatic nitrogens is 1. The van der Waals surface area contributed by atoms with Crippen molar-refractivity contribution in [1.29, 1.82) is 0 Å². The van der Waals surface area contributed by atoms with Gasteiger partial charge in [0.15, 0.2) is 0 Å². The molecule has 0 aliphatic carbocycles. The summed E-state index contributed by atoms with van der Waals surface area (Å²) in [5, 5.41) is 11.4. The van der Waals surface area contributed by atoms with Crippen molar-refractivity contribution >= 4 is 11.3 Å². The van der Waals surface area contributed by atoms with Gasteiger partial charge in [0, 0.05) is 17.8 Å². The van der Waals surface area contributed by atoms with Crippen molar-refractivity contribution in [3.8, 4) is 0 Å². The van der Waals surface area contributed by atoms with Gasteiger partial charge in [-0.2, -0.15) is 0 Å². The Kier molecular flexibility index (Phi) is 2.99. The van der Waals surface area contributed by atoms with Gasteiger partial charge < -0.3 is 10.8 Å². The van der Waals surface area contributed by atoms with E-state index in [-0.39, 0.29) is 6.61 Å². The normalized spacial score (nSPS) is 13.4. The summed E-state index contributed by atoms with van der Waals surface area (Å²) in [4.78, 5) is 4.19. The fraction of sp³-hybridized carbons (Fsp3) is 0.571. The lowest BCUT2D eigenvalue weighted by atomic mass is 10.1. The Balaban J connectivity index is 2.71. The highest BCUT2D eigenvalue weighted by Gasteiger charge is 2.06. The lowest BCUT2D eigenvalue weighted by Crippen LogP contribution is -2.09. The monoisotopic (exact) mass is 172 g/mol. The van der Waals surface area contributed by atoms with Gasteiger partial charge in [0.05, 0.1) is 12.3 Å². The first kappa shape index (κ1) is 8.64. The summed E-state index contributed by atoms with van der Waals surface area (Å²) < 4.78 is 0. The molecule has 3 nitrogen and oxygen atoms in total. The Labute approximate surface area is 69.9 Å². The van der Waals surface area contributed by atoms with E-state index in [1.54, 1.807) is 0 Å². The Morgan fingerprint density at radius 1 is 1.82 bits per heavy atom. The summed E-state index contributed by atoms with van der Waals surface area (Å²) in [6, 6.07) is 0. The molecular formula is C7H12N2OS. The zero-order valence-electron chi connectivity index (χ0n) is 6.45. The first-order valence-corrected chi connectivity index (χ1v) is 4.41. The molecule has 11 heavy (non-hydrogen) atoms. The van der Waals surface area contributed by atoms with Crippen molar-refractivity contribution in [3.63, 3.8) is 0 Å². The first-order valence-electron chi connectivity index (χ1n) is 3.53. The van der Waals surface area contributed by atoms with Crippen LogP contribution in [-0.4, -0.2) is 16.6 Å². The van der Waals surface area contributed by atoms with Crippen molar-refractivity contribution in [1.82, 2.24) is 4.98 Å². The molecular weight excluding hydrogens is 160 g/mol. The Hall–Kier alpha value is -0.450. The van der Waals surface area contributed by atoms with E-state index in [2.05, 4.69) is 4.98 Å². The van der Waals surface area contributed by atoms with E-state index in [9.17, 15) is 0 Å². The third kappa shape index (κ3) is 1.99. The minimum atomic E-state index is 0.0297. The van der Waals surface area contributed by atoms with Gasteiger partial charge >= 0.3 is 0 Å². The van der Waals surface area contributed by atoms with Gasteiger partial charge in [-0.3, -0.25) is 0 Å². The van der Waals surface area contributed by atoms with E-state index in [1.165, 1.54) is 11.3 Å². The van der Waals surface area contributed by atoms with Crippen molar-refractivity contribution in [2.45, 2.75) is 19.4 Å². The fourth-order valence-electron chi connectivity index (χ4n) is 0.745. The summed E-state index contributed by atoms with van der Waals surface area (Å²) in [6.45, 7) is 2.66. The highest BCUT2D eigenvalue weighted by atomic mass is 32.1. The Bertz CT molecular complexity index is 224. The molecule has 0 saturated heterocycles. The van der Waals surface area contributed by atoms with Crippen LogP contribution in [0.3, 0.4) is 0 Å². The molecule has 1 aromatic rings. The average molecular weight is 172 g/mol. The SMILES string of the molecule is CC(CN)c1csc(CO)n1. The molecule has 1 unspecified atom stereocenters. The molecule has 0 aliphatic heterocycles. The van der Waals surface area contributed by atoms with Gasteiger partial charge in [-0.1, -0.05) is 6.92 Å². The number of rotatable bonds is 3. The van der Waals surface area contributed by atoms with Gasteiger partial charge in [0.1, 0.15) is 5.01 Å². The molecule has 1 aromatic heterocycles. The van der Waals surface area contributed by atoms with Crippen LogP contribution >= 0.6 is 11.3 Å². The van der Waals surface area contributed by atoms with Crippen LogP contribution in [0.1, 0.15) is 23.5 Å².